The number of nitrogens with zero attached hydrogens (tertiary/aromatic N) is 1. The van der Waals surface area contributed by atoms with Gasteiger partial charge in [0.2, 0.25) is 0 Å². The Morgan fingerprint density at radius 2 is 1.95 bits per heavy atom. The maximum Gasteiger partial charge on any atom is 0.416 e. The maximum atomic E-state index is 12.6. The summed E-state index contributed by atoms with van der Waals surface area (Å²) in [6.07, 6.45) is -2.57. The second-order valence-electron chi connectivity index (χ2n) is 4.38. The fraction of sp³-hybridized carbons (Fsp3) is 0.214. The third-order valence-corrected chi connectivity index (χ3v) is 3.17. The first-order chi connectivity index (χ1) is 9.38. The Kier molecular flexibility index (Phi) is 4.30. The Labute approximate surface area is 119 Å². The molecule has 0 saturated heterocycles. The summed E-state index contributed by atoms with van der Waals surface area (Å²) >= 11 is 5.97. The summed E-state index contributed by atoms with van der Waals surface area (Å²) in [5.41, 5.74) is 6.25. The third kappa shape index (κ3) is 3.49. The molecule has 0 aliphatic rings. The molecule has 0 aliphatic heterocycles. The van der Waals surface area contributed by atoms with Gasteiger partial charge >= 0.3 is 6.18 Å². The Morgan fingerprint density at radius 1 is 1.20 bits per heavy atom. The van der Waals surface area contributed by atoms with Crippen LogP contribution in [-0.4, -0.2) is 4.98 Å². The van der Waals surface area contributed by atoms with E-state index in [4.69, 9.17) is 17.3 Å². The number of nitrogens with two attached hydrogens (primary N) is 1. The van der Waals surface area contributed by atoms with Crippen LogP contribution in [-0.2, 0) is 12.6 Å². The van der Waals surface area contributed by atoms with Crippen molar-refractivity contribution in [1.29, 1.82) is 0 Å². The van der Waals surface area contributed by atoms with E-state index in [1.165, 1.54) is 6.07 Å². The number of aromatic nitrogens is 1. The van der Waals surface area contributed by atoms with Gasteiger partial charge in [-0.25, -0.2) is 0 Å². The SMILES string of the molecule is NC(Cc1cccc(C(F)(F)F)c1)c1ncccc1Cl. The lowest BCUT2D eigenvalue weighted by Crippen LogP contribution is -2.16. The number of hydrogen-bond donors (Lipinski definition) is 1. The fourth-order valence-electron chi connectivity index (χ4n) is 1.90. The number of halogens is 4. The van der Waals surface area contributed by atoms with Gasteiger partial charge in [-0.15, -0.1) is 0 Å². The average Bonchev–Trinajstić information content (AvgIpc) is 2.38. The summed E-state index contributed by atoms with van der Waals surface area (Å²) in [7, 11) is 0. The highest BCUT2D eigenvalue weighted by Crippen LogP contribution is 2.30. The van der Waals surface area contributed by atoms with Crippen molar-refractivity contribution in [2.24, 2.45) is 5.73 Å². The summed E-state index contributed by atoms with van der Waals surface area (Å²) in [6, 6.07) is 7.86. The van der Waals surface area contributed by atoms with Gasteiger partial charge in [-0.3, -0.25) is 4.98 Å². The van der Waals surface area contributed by atoms with Crippen LogP contribution in [0.4, 0.5) is 13.2 Å². The predicted molar refractivity (Wildman–Crippen MR) is 71.3 cm³/mol. The van der Waals surface area contributed by atoms with Crippen LogP contribution in [0.5, 0.6) is 0 Å². The molecule has 0 bridgehead atoms. The molecule has 0 fully saturated rings. The van der Waals surface area contributed by atoms with Gasteiger partial charge in [0.15, 0.2) is 0 Å². The van der Waals surface area contributed by atoms with Crippen molar-refractivity contribution in [3.05, 3.63) is 64.4 Å². The molecule has 0 radical (unpaired) electrons. The molecule has 2 rings (SSSR count). The summed E-state index contributed by atoms with van der Waals surface area (Å²) in [5.74, 6) is 0. The van der Waals surface area contributed by atoms with Crippen LogP contribution in [0.25, 0.3) is 0 Å². The van der Waals surface area contributed by atoms with Crippen molar-refractivity contribution in [2.75, 3.05) is 0 Å². The summed E-state index contributed by atoms with van der Waals surface area (Å²) in [6.45, 7) is 0. The van der Waals surface area contributed by atoms with Crippen LogP contribution in [0.2, 0.25) is 5.02 Å². The number of rotatable bonds is 3. The molecule has 0 amide bonds. The molecule has 1 unspecified atom stereocenters. The fourth-order valence-corrected chi connectivity index (χ4v) is 2.16. The average molecular weight is 301 g/mol. The van der Waals surface area contributed by atoms with Gasteiger partial charge in [0, 0.05) is 6.20 Å². The molecule has 20 heavy (non-hydrogen) atoms. The van der Waals surface area contributed by atoms with Crippen LogP contribution in [0, 0.1) is 0 Å². The van der Waals surface area contributed by atoms with Crippen molar-refractivity contribution in [3.8, 4) is 0 Å². The van der Waals surface area contributed by atoms with E-state index in [-0.39, 0.29) is 6.42 Å². The van der Waals surface area contributed by atoms with Gasteiger partial charge in [0.05, 0.1) is 22.3 Å². The van der Waals surface area contributed by atoms with Crippen LogP contribution in [0.15, 0.2) is 42.6 Å². The van der Waals surface area contributed by atoms with Crippen molar-refractivity contribution >= 4 is 11.6 Å². The molecule has 2 N–H and O–H groups in total. The van der Waals surface area contributed by atoms with Crippen LogP contribution >= 0.6 is 11.6 Å². The molecular formula is C14H12ClF3N2. The summed E-state index contributed by atoms with van der Waals surface area (Å²) in [4.78, 5) is 4.07. The first-order valence-electron chi connectivity index (χ1n) is 5.90. The van der Waals surface area contributed by atoms with E-state index in [0.717, 1.165) is 12.1 Å². The van der Waals surface area contributed by atoms with E-state index in [2.05, 4.69) is 4.98 Å². The van der Waals surface area contributed by atoms with Crippen molar-refractivity contribution in [1.82, 2.24) is 4.98 Å². The Balaban J connectivity index is 2.20. The molecule has 0 spiro atoms. The highest BCUT2D eigenvalue weighted by molar-refractivity contribution is 6.31. The van der Waals surface area contributed by atoms with Crippen molar-refractivity contribution in [2.45, 2.75) is 18.6 Å². The van der Waals surface area contributed by atoms with E-state index >= 15 is 0 Å². The molecule has 1 atom stereocenters. The normalized spacial score (nSPS) is 13.2. The molecule has 1 heterocycles. The van der Waals surface area contributed by atoms with Gasteiger partial charge in [0.25, 0.3) is 0 Å². The second-order valence-corrected chi connectivity index (χ2v) is 4.79. The topological polar surface area (TPSA) is 38.9 Å². The number of alkyl halides is 3. The standard InChI is InChI=1S/C14H12ClF3N2/c15-11-5-2-6-20-13(11)12(19)8-9-3-1-4-10(7-9)14(16,17)18/h1-7,12H,8,19H2. The van der Waals surface area contributed by atoms with E-state index in [9.17, 15) is 13.2 Å². The minimum Gasteiger partial charge on any atom is -0.322 e. The summed E-state index contributed by atoms with van der Waals surface area (Å²) in [5, 5.41) is 0.409. The molecule has 106 valence electrons. The first-order valence-corrected chi connectivity index (χ1v) is 6.28. The zero-order valence-electron chi connectivity index (χ0n) is 10.4. The smallest absolute Gasteiger partial charge is 0.322 e. The molecule has 0 aliphatic carbocycles. The Bertz CT molecular complexity index is 599. The zero-order valence-corrected chi connectivity index (χ0v) is 11.1. The largest absolute Gasteiger partial charge is 0.416 e. The molecule has 1 aromatic carbocycles. The van der Waals surface area contributed by atoms with E-state index in [1.807, 2.05) is 0 Å². The first kappa shape index (κ1) is 14.8. The molecule has 6 heteroatoms. The Hall–Kier alpha value is -1.59. The lowest BCUT2D eigenvalue weighted by atomic mass is 10.0. The minimum absolute atomic E-state index is 0.237. The molecule has 2 aromatic rings. The van der Waals surface area contributed by atoms with Gasteiger partial charge in [-0.05, 0) is 30.2 Å². The zero-order chi connectivity index (χ0) is 14.8. The molecule has 2 nitrogen and oxygen atoms in total. The van der Waals surface area contributed by atoms with Crippen LogP contribution in [0.1, 0.15) is 22.9 Å². The molecule has 1 aromatic heterocycles. The number of pyridine rings is 1. The van der Waals surface area contributed by atoms with E-state index in [1.54, 1.807) is 24.4 Å². The quantitative estimate of drug-likeness (QED) is 0.930. The van der Waals surface area contributed by atoms with Crippen LogP contribution in [0.3, 0.4) is 0 Å². The van der Waals surface area contributed by atoms with E-state index in [0.29, 0.717) is 16.3 Å². The lowest BCUT2D eigenvalue weighted by Gasteiger charge is -2.14. The number of hydrogen-bond acceptors (Lipinski definition) is 2. The predicted octanol–water partition coefficient (Wildman–Crippen LogP) is 4.00. The van der Waals surface area contributed by atoms with Crippen molar-refractivity contribution in [3.63, 3.8) is 0 Å². The number of benzene rings is 1. The minimum atomic E-state index is -4.36. The second kappa shape index (κ2) is 5.81. The highest BCUT2D eigenvalue weighted by Gasteiger charge is 2.30. The van der Waals surface area contributed by atoms with Gasteiger partial charge in [-0.2, -0.15) is 13.2 Å². The Morgan fingerprint density at radius 3 is 2.60 bits per heavy atom. The maximum absolute atomic E-state index is 12.6. The lowest BCUT2D eigenvalue weighted by molar-refractivity contribution is -0.137. The van der Waals surface area contributed by atoms with Gasteiger partial charge < -0.3 is 5.73 Å². The monoisotopic (exact) mass is 300 g/mol. The molecule has 0 saturated carbocycles. The van der Waals surface area contributed by atoms with Crippen LogP contribution < -0.4 is 5.73 Å². The van der Waals surface area contributed by atoms with Gasteiger partial charge in [0.1, 0.15) is 0 Å². The van der Waals surface area contributed by atoms with Crippen molar-refractivity contribution < 1.29 is 13.2 Å². The summed E-state index contributed by atoms with van der Waals surface area (Å²) < 4.78 is 37.9. The van der Waals surface area contributed by atoms with E-state index < -0.39 is 17.8 Å². The van der Waals surface area contributed by atoms with Gasteiger partial charge in [-0.1, -0.05) is 29.8 Å². The molecular weight excluding hydrogens is 289 g/mol. The third-order valence-electron chi connectivity index (χ3n) is 2.85. The highest BCUT2D eigenvalue weighted by atomic mass is 35.5.